The molecule has 0 radical (unpaired) electrons. The molecule has 2 N–H and O–H groups in total. The van der Waals surface area contributed by atoms with E-state index in [-0.39, 0.29) is 18.0 Å². The Morgan fingerprint density at radius 2 is 1.82 bits per heavy atom. The highest BCUT2D eigenvalue weighted by molar-refractivity contribution is 6.38. The quantitative estimate of drug-likeness (QED) is 0.320. The molecule has 1 aliphatic rings. The number of aryl methyl sites for hydroxylation is 1. The van der Waals surface area contributed by atoms with Crippen molar-refractivity contribution in [3.05, 3.63) is 94.8 Å². The van der Waals surface area contributed by atoms with Gasteiger partial charge in [0.25, 0.3) is 5.91 Å². The Balaban J connectivity index is 1.19. The number of carbonyl (C=O) groups is 2. The van der Waals surface area contributed by atoms with Gasteiger partial charge in [-0.3, -0.25) is 9.59 Å². The molecule has 39 heavy (non-hydrogen) atoms. The molecule has 1 fully saturated rings. The fourth-order valence-corrected chi connectivity index (χ4v) is 4.94. The van der Waals surface area contributed by atoms with Gasteiger partial charge >= 0.3 is 0 Å². The number of aromatic nitrogens is 5. The molecule has 3 aromatic carbocycles. The number of fused-ring (bicyclic) bond motifs is 1. The summed E-state index contributed by atoms with van der Waals surface area (Å²) in [7, 11) is 1.69. The van der Waals surface area contributed by atoms with E-state index in [9.17, 15) is 14.0 Å². The van der Waals surface area contributed by atoms with Gasteiger partial charge in [-0.15, -0.1) is 10.2 Å². The molecular formula is C28H23ClFN7O2. The lowest BCUT2D eigenvalue weighted by molar-refractivity contribution is -0.124. The molecule has 2 amide bonds. The van der Waals surface area contributed by atoms with E-state index in [4.69, 9.17) is 11.6 Å². The first-order chi connectivity index (χ1) is 18.8. The number of para-hydroxylation sites is 1. The standard InChI is InChI=1S/C28H23ClFN7O2/c1-36-34-25(33-35-36)24-23(29)21-7-2-3-8-22(21)37(24)20-11-9-17(10-12-20)16-31-27(39)28(13-14-28)32-26(38)18-5-4-6-19(30)15-18/h2-12,15H,13-14,16H2,1H3,(H,31,39)(H,32,38). The predicted molar refractivity (Wildman–Crippen MR) is 144 cm³/mol. The van der Waals surface area contributed by atoms with Gasteiger partial charge in [0, 0.05) is 23.2 Å². The third-order valence-corrected chi connectivity index (χ3v) is 7.19. The molecule has 0 spiro atoms. The maximum atomic E-state index is 13.5. The Labute approximate surface area is 227 Å². The van der Waals surface area contributed by atoms with Crippen molar-refractivity contribution in [2.24, 2.45) is 7.05 Å². The number of benzene rings is 3. The Hall–Kier alpha value is -4.57. The smallest absolute Gasteiger partial charge is 0.252 e. The molecule has 1 saturated carbocycles. The van der Waals surface area contributed by atoms with Crippen LogP contribution in [0.5, 0.6) is 0 Å². The van der Waals surface area contributed by atoms with Crippen LogP contribution < -0.4 is 10.6 Å². The highest BCUT2D eigenvalue weighted by atomic mass is 35.5. The second-order valence-corrected chi connectivity index (χ2v) is 9.89. The Morgan fingerprint density at radius 1 is 1.05 bits per heavy atom. The van der Waals surface area contributed by atoms with E-state index < -0.39 is 17.3 Å². The molecule has 0 unspecified atom stereocenters. The number of tetrazole rings is 1. The van der Waals surface area contributed by atoms with Gasteiger partial charge in [-0.1, -0.05) is 48.0 Å². The number of hydrogen-bond donors (Lipinski definition) is 2. The van der Waals surface area contributed by atoms with Crippen LogP contribution in [-0.2, 0) is 18.4 Å². The Morgan fingerprint density at radius 3 is 2.51 bits per heavy atom. The summed E-state index contributed by atoms with van der Waals surface area (Å²) in [5, 5.41) is 19.6. The molecule has 5 aromatic rings. The van der Waals surface area contributed by atoms with Crippen LogP contribution in [0, 0.1) is 5.82 Å². The van der Waals surface area contributed by atoms with E-state index in [2.05, 4.69) is 26.0 Å². The fraction of sp³-hybridized carbons (Fsp3) is 0.179. The summed E-state index contributed by atoms with van der Waals surface area (Å²) in [6.45, 7) is 0.280. The van der Waals surface area contributed by atoms with E-state index in [0.29, 0.717) is 29.4 Å². The van der Waals surface area contributed by atoms with Crippen molar-refractivity contribution in [2.45, 2.75) is 24.9 Å². The Kier molecular flexibility index (Phi) is 6.11. The average molecular weight is 544 g/mol. The third-order valence-electron chi connectivity index (χ3n) is 6.80. The molecule has 0 atom stereocenters. The number of nitrogens with one attached hydrogen (secondary N) is 2. The van der Waals surface area contributed by atoms with Crippen LogP contribution in [0.25, 0.3) is 28.1 Å². The van der Waals surface area contributed by atoms with Crippen molar-refractivity contribution in [1.82, 2.24) is 35.4 Å². The van der Waals surface area contributed by atoms with Crippen molar-refractivity contribution in [3.63, 3.8) is 0 Å². The van der Waals surface area contributed by atoms with Crippen LogP contribution in [0.15, 0.2) is 72.8 Å². The van der Waals surface area contributed by atoms with Crippen LogP contribution in [0.2, 0.25) is 5.02 Å². The molecular weight excluding hydrogens is 521 g/mol. The van der Waals surface area contributed by atoms with Crippen LogP contribution in [0.3, 0.4) is 0 Å². The lowest BCUT2D eigenvalue weighted by Crippen LogP contribution is -2.48. The lowest BCUT2D eigenvalue weighted by atomic mass is 10.1. The van der Waals surface area contributed by atoms with Crippen LogP contribution in [0.4, 0.5) is 4.39 Å². The molecule has 1 aliphatic carbocycles. The minimum Gasteiger partial charge on any atom is -0.350 e. The third kappa shape index (κ3) is 4.63. The molecule has 11 heteroatoms. The number of halogens is 2. The first-order valence-corrected chi connectivity index (χ1v) is 12.7. The molecule has 0 bridgehead atoms. The van der Waals surface area contributed by atoms with Gasteiger partial charge in [0.15, 0.2) is 0 Å². The minimum atomic E-state index is -0.969. The van der Waals surface area contributed by atoms with Crippen molar-refractivity contribution in [3.8, 4) is 17.2 Å². The lowest BCUT2D eigenvalue weighted by Gasteiger charge is -2.17. The Bertz CT molecular complexity index is 1720. The normalized spacial score (nSPS) is 13.8. The van der Waals surface area contributed by atoms with E-state index in [1.165, 1.54) is 23.0 Å². The van der Waals surface area contributed by atoms with Gasteiger partial charge < -0.3 is 15.2 Å². The number of rotatable bonds is 7. The van der Waals surface area contributed by atoms with Crippen molar-refractivity contribution >= 4 is 34.3 Å². The number of carbonyl (C=O) groups excluding carboxylic acids is 2. The molecule has 0 aliphatic heterocycles. The summed E-state index contributed by atoms with van der Waals surface area (Å²) in [5.41, 5.74) is 2.46. The SMILES string of the molecule is Cn1nnc(-c2c(Cl)c3ccccc3n2-c2ccc(CNC(=O)C3(NC(=O)c4cccc(F)c4)CC3)cc2)n1. The van der Waals surface area contributed by atoms with E-state index in [1.54, 1.807) is 7.05 Å². The summed E-state index contributed by atoms with van der Waals surface area (Å²) >= 11 is 6.77. The monoisotopic (exact) mass is 543 g/mol. The van der Waals surface area contributed by atoms with Gasteiger partial charge in [-0.05, 0) is 60.0 Å². The maximum Gasteiger partial charge on any atom is 0.252 e. The summed E-state index contributed by atoms with van der Waals surface area (Å²) < 4.78 is 15.5. The molecule has 2 heterocycles. The van der Waals surface area contributed by atoms with Crippen molar-refractivity contribution < 1.29 is 14.0 Å². The van der Waals surface area contributed by atoms with Crippen molar-refractivity contribution in [2.75, 3.05) is 0 Å². The minimum absolute atomic E-state index is 0.179. The summed E-state index contributed by atoms with van der Waals surface area (Å²) in [5.74, 6) is -0.839. The van der Waals surface area contributed by atoms with Gasteiger partial charge in [-0.2, -0.15) is 4.80 Å². The van der Waals surface area contributed by atoms with Crippen LogP contribution in [-0.4, -0.2) is 42.1 Å². The highest BCUT2D eigenvalue weighted by Gasteiger charge is 2.51. The van der Waals surface area contributed by atoms with Gasteiger partial charge in [0.05, 0.1) is 17.6 Å². The van der Waals surface area contributed by atoms with E-state index >= 15 is 0 Å². The topological polar surface area (TPSA) is 107 Å². The number of amides is 2. The second-order valence-electron chi connectivity index (χ2n) is 9.51. The zero-order valence-electron chi connectivity index (χ0n) is 20.9. The first-order valence-electron chi connectivity index (χ1n) is 12.3. The summed E-state index contributed by atoms with van der Waals surface area (Å²) in [6.07, 6.45) is 1.05. The molecule has 0 saturated heterocycles. The van der Waals surface area contributed by atoms with Crippen LogP contribution in [0.1, 0.15) is 28.8 Å². The van der Waals surface area contributed by atoms with Gasteiger partial charge in [-0.25, -0.2) is 4.39 Å². The number of hydrogen-bond acceptors (Lipinski definition) is 5. The molecule has 9 nitrogen and oxygen atoms in total. The zero-order valence-corrected chi connectivity index (χ0v) is 21.6. The van der Waals surface area contributed by atoms with Crippen LogP contribution >= 0.6 is 11.6 Å². The average Bonchev–Trinajstić information content (AvgIpc) is 3.51. The van der Waals surface area contributed by atoms with Gasteiger partial charge in [0.1, 0.15) is 17.1 Å². The largest absolute Gasteiger partial charge is 0.350 e. The summed E-state index contributed by atoms with van der Waals surface area (Å²) in [6, 6.07) is 20.9. The second kappa shape index (κ2) is 9.63. The van der Waals surface area contributed by atoms with Crippen molar-refractivity contribution in [1.29, 1.82) is 0 Å². The fourth-order valence-electron chi connectivity index (χ4n) is 4.61. The van der Waals surface area contributed by atoms with Gasteiger partial charge in [0.2, 0.25) is 11.7 Å². The first kappa shape index (κ1) is 24.7. The molecule has 6 rings (SSSR count). The molecule has 2 aromatic heterocycles. The van der Waals surface area contributed by atoms with E-state index in [1.807, 2.05) is 53.1 Å². The van der Waals surface area contributed by atoms with E-state index in [0.717, 1.165) is 28.2 Å². The maximum absolute atomic E-state index is 13.5. The summed E-state index contributed by atoms with van der Waals surface area (Å²) in [4.78, 5) is 26.9. The highest BCUT2D eigenvalue weighted by Crippen LogP contribution is 2.38. The number of nitrogens with zero attached hydrogens (tertiary/aromatic N) is 5. The predicted octanol–water partition coefficient (Wildman–Crippen LogP) is 4.19. The molecule has 196 valence electrons. The zero-order chi connectivity index (χ0) is 27.1.